The van der Waals surface area contributed by atoms with Gasteiger partial charge < -0.3 is 10.0 Å². The molecular formula is C29H37FN4O. The summed E-state index contributed by atoms with van der Waals surface area (Å²) in [6, 6.07) is 17.0. The Balaban J connectivity index is 1.63. The van der Waals surface area contributed by atoms with Crippen molar-refractivity contribution in [3.05, 3.63) is 77.2 Å². The minimum atomic E-state index is -0.270. The van der Waals surface area contributed by atoms with Crippen molar-refractivity contribution in [3.63, 3.8) is 0 Å². The van der Waals surface area contributed by atoms with Crippen molar-refractivity contribution >= 4 is 5.82 Å². The van der Waals surface area contributed by atoms with Crippen LogP contribution in [0, 0.1) is 5.82 Å². The summed E-state index contributed by atoms with van der Waals surface area (Å²) in [5.74, 6) is 1.43. The van der Waals surface area contributed by atoms with Crippen LogP contribution in [0.25, 0.3) is 11.4 Å². The minimum Gasteiger partial charge on any atom is -0.392 e. The molecule has 1 aliphatic heterocycles. The van der Waals surface area contributed by atoms with E-state index in [2.05, 4.69) is 23.6 Å². The Hall–Kier alpha value is -2.83. The number of benzene rings is 2. The zero-order chi connectivity index (χ0) is 24.6. The van der Waals surface area contributed by atoms with Gasteiger partial charge in [-0.25, -0.2) is 14.4 Å². The van der Waals surface area contributed by atoms with Gasteiger partial charge in [-0.1, -0.05) is 75.2 Å². The van der Waals surface area contributed by atoms with Crippen LogP contribution in [0.5, 0.6) is 0 Å². The van der Waals surface area contributed by atoms with Gasteiger partial charge in [0.15, 0.2) is 5.82 Å². The van der Waals surface area contributed by atoms with E-state index in [0.717, 1.165) is 81.0 Å². The molecule has 1 aromatic heterocycles. The standard InChI is InChI=1S/C29H37FN4O/c1-3-5-14-24(35)21-33-16-18-34(19-17-33)29-25(20-23-13-9-10-15-26(23)30)27(4-2)31-28(32-29)22-11-7-6-8-12-22/h6-13,15,24,35H,3-5,14,16-21H2,1-2H3. The highest BCUT2D eigenvalue weighted by molar-refractivity contribution is 5.61. The predicted molar refractivity (Wildman–Crippen MR) is 140 cm³/mol. The molecule has 0 amide bonds. The van der Waals surface area contributed by atoms with Gasteiger partial charge >= 0.3 is 0 Å². The van der Waals surface area contributed by atoms with Gasteiger partial charge in [-0.3, -0.25) is 4.90 Å². The van der Waals surface area contributed by atoms with Crippen LogP contribution < -0.4 is 4.90 Å². The number of β-amino-alcohol motifs (C(OH)–C–C–N with tert-alkyl or cyclic N) is 1. The number of halogens is 1. The molecule has 5 nitrogen and oxygen atoms in total. The molecule has 1 atom stereocenters. The molecule has 1 saturated heterocycles. The summed E-state index contributed by atoms with van der Waals surface area (Å²) in [5.41, 5.74) is 3.62. The van der Waals surface area contributed by atoms with Crippen LogP contribution in [-0.4, -0.2) is 58.8 Å². The number of piperazine rings is 1. The molecule has 35 heavy (non-hydrogen) atoms. The normalized spacial score (nSPS) is 15.4. The highest BCUT2D eigenvalue weighted by atomic mass is 19.1. The molecule has 2 aromatic carbocycles. The first-order valence-corrected chi connectivity index (χ1v) is 12.9. The van der Waals surface area contributed by atoms with Crippen molar-refractivity contribution in [1.29, 1.82) is 0 Å². The number of aryl methyl sites for hydroxylation is 1. The van der Waals surface area contributed by atoms with E-state index in [-0.39, 0.29) is 11.9 Å². The average molecular weight is 477 g/mol. The van der Waals surface area contributed by atoms with Crippen LogP contribution in [0.4, 0.5) is 10.2 Å². The monoisotopic (exact) mass is 476 g/mol. The topological polar surface area (TPSA) is 52.5 Å². The first-order valence-electron chi connectivity index (χ1n) is 12.9. The van der Waals surface area contributed by atoms with E-state index in [1.807, 2.05) is 42.5 Å². The third-order valence-electron chi connectivity index (χ3n) is 6.79. The van der Waals surface area contributed by atoms with Crippen molar-refractivity contribution in [2.75, 3.05) is 37.6 Å². The van der Waals surface area contributed by atoms with Gasteiger partial charge in [0, 0.05) is 56.0 Å². The Morgan fingerprint density at radius 3 is 2.34 bits per heavy atom. The summed E-state index contributed by atoms with van der Waals surface area (Å²) in [6.07, 6.45) is 3.97. The number of hydrogen-bond acceptors (Lipinski definition) is 5. The van der Waals surface area contributed by atoms with Crippen molar-refractivity contribution in [1.82, 2.24) is 14.9 Å². The number of rotatable bonds is 10. The number of aliphatic hydroxyl groups excluding tert-OH is 1. The summed E-state index contributed by atoms with van der Waals surface area (Å²) in [4.78, 5) is 14.6. The van der Waals surface area contributed by atoms with Crippen LogP contribution >= 0.6 is 0 Å². The number of aromatic nitrogens is 2. The smallest absolute Gasteiger partial charge is 0.161 e. The molecule has 4 rings (SSSR count). The van der Waals surface area contributed by atoms with Gasteiger partial charge in [-0.05, 0) is 24.5 Å². The van der Waals surface area contributed by atoms with E-state index >= 15 is 0 Å². The number of anilines is 1. The van der Waals surface area contributed by atoms with Gasteiger partial charge in [0.25, 0.3) is 0 Å². The van der Waals surface area contributed by atoms with Crippen molar-refractivity contribution in [2.24, 2.45) is 0 Å². The van der Waals surface area contributed by atoms with Crippen molar-refractivity contribution in [2.45, 2.75) is 52.1 Å². The number of nitrogens with zero attached hydrogens (tertiary/aromatic N) is 4. The molecule has 1 fully saturated rings. The lowest BCUT2D eigenvalue weighted by atomic mass is 10.0. The Morgan fingerprint density at radius 2 is 1.66 bits per heavy atom. The maximum Gasteiger partial charge on any atom is 0.161 e. The van der Waals surface area contributed by atoms with E-state index in [9.17, 15) is 9.50 Å². The highest BCUT2D eigenvalue weighted by Crippen LogP contribution is 2.29. The molecule has 0 radical (unpaired) electrons. The molecule has 0 spiro atoms. The molecule has 0 bridgehead atoms. The Morgan fingerprint density at radius 1 is 0.943 bits per heavy atom. The van der Waals surface area contributed by atoms with Gasteiger partial charge in [0.1, 0.15) is 11.6 Å². The van der Waals surface area contributed by atoms with Crippen molar-refractivity contribution in [3.8, 4) is 11.4 Å². The second-order valence-electron chi connectivity index (χ2n) is 9.37. The van der Waals surface area contributed by atoms with E-state index in [1.165, 1.54) is 6.07 Å². The second-order valence-corrected chi connectivity index (χ2v) is 9.37. The zero-order valence-corrected chi connectivity index (χ0v) is 21.0. The van der Waals surface area contributed by atoms with E-state index < -0.39 is 0 Å². The first-order chi connectivity index (χ1) is 17.1. The van der Waals surface area contributed by atoms with Crippen LogP contribution in [0.3, 0.4) is 0 Å². The van der Waals surface area contributed by atoms with Crippen LogP contribution in [0.2, 0.25) is 0 Å². The molecule has 6 heteroatoms. The lowest BCUT2D eigenvalue weighted by Gasteiger charge is -2.37. The highest BCUT2D eigenvalue weighted by Gasteiger charge is 2.25. The average Bonchev–Trinajstić information content (AvgIpc) is 2.89. The fourth-order valence-electron chi connectivity index (χ4n) is 4.77. The SMILES string of the molecule is CCCCC(O)CN1CCN(c2nc(-c3ccccc3)nc(CC)c2Cc2ccccc2F)CC1. The lowest BCUT2D eigenvalue weighted by Crippen LogP contribution is -2.49. The maximum absolute atomic E-state index is 14.6. The third kappa shape index (κ3) is 6.44. The lowest BCUT2D eigenvalue weighted by molar-refractivity contribution is 0.100. The van der Waals surface area contributed by atoms with Gasteiger partial charge in [-0.2, -0.15) is 0 Å². The molecule has 1 unspecified atom stereocenters. The summed E-state index contributed by atoms with van der Waals surface area (Å²) in [5, 5.41) is 10.4. The van der Waals surface area contributed by atoms with Gasteiger partial charge in [-0.15, -0.1) is 0 Å². The Kier molecular flexibility index (Phi) is 8.83. The maximum atomic E-state index is 14.6. The zero-order valence-electron chi connectivity index (χ0n) is 21.0. The number of aliphatic hydroxyl groups is 1. The molecule has 1 aliphatic rings. The van der Waals surface area contributed by atoms with E-state index in [1.54, 1.807) is 6.07 Å². The van der Waals surface area contributed by atoms with E-state index in [0.29, 0.717) is 17.8 Å². The largest absolute Gasteiger partial charge is 0.392 e. The fraction of sp³-hybridized carbons (Fsp3) is 0.448. The summed E-state index contributed by atoms with van der Waals surface area (Å²) in [6.45, 7) is 8.35. The number of unbranched alkanes of at least 4 members (excludes halogenated alkanes) is 1. The fourth-order valence-corrected chi connectivity index (χ4v) is 4.77. The van der Waals surface area contributed by atoms with Crippen LogP contribution in [0.15, 0.2) is 54.6 Å². The molecule has 0 saturated carbocycles. The minimum absolute atomic E-state index is 0.196. The van der Waals surface area contributed by atoms with Crippen LogP contribution in [0.1, 0.15) is 49.9 Å². The summed E-state index contributed by atoms with van der Waals surface area (Å²) in [7, 11) is 0. The van der Waals surface area contributed by atoms with Gasteiger partial charge in [0.2, 0.25) is 0 Å². The predicted octanol–water partition coefficient (Wildman–Crippen LogP) is 5.11. The molecule has 0 aliphatic carbocycles. The quantitative estimate of drug-likeness (QED) is 0.441. The van der Waals surface area contributed by atoms with Crippen LogP contribution in [-0.2, 0) is 12.8 Å². The molecule has 2 heterocycles. The van der Waals surface area contributed by atoms with E-state index in [4.69, 9.17) is 9.97 Å². The summed E-state index contributed by atoms with van der Waals surface area (Å²) < 4.78 is 14.6. The molecular weight excluding hydrogens is 439 g/mol. The molecule has 1 N–H and O–H groups in total. The molecule has 186 valence electrons. The Labute approximate surface area is 208 Å². The summed E-state index contributed by atoms with van der Waals surface area (Å²) >= 11 is 0. The Bertz CT molecular complexity index is 1080. The molecule has 3 aromatic rings. The van der Waals surface area contributed by atoms with Crippen molar-refractivity contribution < 1.29 is 9.50 Å². The number of hydrogen-bond donors (Lipinski definition) is 1. The second kappa shape index (κ2) is 12.2. The first kappa shape index (κ1) is 25.3. The van der Waals surface area contributed by atoms with Gasteiger partial charge in [0.05, 0.1) is 6.10 Å². The third-order valence-corrected chi connectivity index (χ3v) is 6.79.